The third-order valence-electron chi connectivity index (χ3n) is 22.9. The average molecular weight is 1490 g/mol. The van der Waals surface area contributed by atoms with Crippen molar-refractivity contribution < 1.29 is 13.3 Å². The summed E-state index contributed by atoms with van der Waals surface area (Å²) in [4.78, 5) is 34.5. The number of hydrogen-bond donors (Lipinski definition) is 0. The van der Waals surface area contributed by atoms with Crippen molar-refractivity contribution in [2.24, 2.45) is 0 Å². The molecule has 0 bridgehead atoms. The number of rotatable bonds is 7. The van der Waals surface area contributed by atoms with Crippen molar-refractivity contribution in [3.63, 3.8) is 0 Å². The molecule has 0 aliphatic heterocycles. The Morgan fingerprint density at radius 2 is 0.427 bits per heavy atom. The predicted molar refractivity (Wildman–Crippen MR) is 473 cm³/mol. The van der Waals surface area contributed by atoms with E-state index in [9.17, 15) is 0 Å². The summed E-state index contributed by atoms with van der Waals surface area (Å²) >= 11 is 0. The van der Waals surface area contributed by atoms with Crippen molar-refractivity contribution in [3.8, 4) is 180 Å². The summed E-state index contributed by atoms with van der Waals surface area (Å²) < 4.78 is 20.6. The molecule has 25 rings (SSSR count). The fraction of sp³-hybridized carbons (Fsp3) is 0. The van der Waals surface area contributed by atoms with Gasteiger partial charge < -0.3 is 13.3 Å². The summed E-state index contributed by atoms with van der Waals surface area (Å²) in [5, 5.41) is 9.96. The highest BCUT2D eigenvalue weighted by molar-refractivity contribution is 6.26. The second-order valence-corrected chi connectivity index (χ2v) is 29.5. The molecule has 117 heavy (non-hydrogen) atoms. The zero-order valence-electron chi connectivity index (χ0n) is 62.7. The monoisotopic (exact) mass is 1490 g/mol. The van der Waals surface area contributed by atoms with E-state index in [0.29, 0.717) is 46.4 Å². The van der Waals surface area contributed by atoms with Gasteiger partial charge in [-0.2, -0.15) is 0 Å². The lowest BCUT2D eigenvalue weighted by atomic mass is 9.93. The number of aromatic nitrogens is 7. The van der Waals surface area contributed by atoms with Gasteiger partial charge in [-0.1, -0.05) is 340 Å². The Hall–Kier alpha value is -15.9. The van der Waals surface area contributed by atoms with Crippen molar-refractivity contribution >= 4 is 65.2 Å². The van der Waals surface area contributed by atoms with E-state index in [-0.39, 0.29) is 0 Å². The zero-order valence-corrected chi connectivity index (χ0v) is 62.7. The molecular formula is C107H63N7O3. The average Bonchev–Trinajstić information content (AvgIpc) is 1.57. The summed E-state index contributed by atoms with van der Waals surface area (Å²) in [6, 6.07) is 128. The van der Waals surface area contributed by atoms with Gasteiger partial charge in [0, 0.05) is 83.7 Å². The summed E-state index contributed by atoms with van der Waals surface area (Å²) in [5.41, 5.74) is 28.9. The lowest BCUT2D eigenvalue weighted by Crippen LogP contribution is -2.00. The molecule has 0 saturated heterocycles. The van der Waals surface area contributed by atoms with Crippen LogP contribution in [0.2, 0.25) is 0 Å². The van der Waals surface area contributed by atoms with Gasteiger partial charge in [0.05, 0.1) is 11.4 Å². The van der Waals surface area contributed by atoms with Gasteiger partial charge in [-0.3, -0.25) is 0 Å². The molecule has 0 saturated carbocycles. The van der Waals surface area contributed by atoms with E-state index in [1.165, 1.54) is 50.1 Å². The topological polar surface area (TPSA) is 130 Å². The highest BCUT2D eigenvalue weighted by atomic mass is 16.3. The van der Waals surface area contributed by atoms with Crippen LogP contribution in [-0.2, 0) is 0 Å². The second kappa shape index (κ2) is 27.5. The molecule has 0 radical (unpaired) electrons. The molecule has 10 nitrogen and oxygen atoms in total. The SMILES string of the molecule is c1ccc(-c2cc(-c3ccccc3)nc(-c3oc4c5c(cc6ccccc64)-c4ccccc4-c4ccccc4-c35)n2)cc1.c1ccc(-c2nc(-c3ccccc3)nc(-c3oc4c5c(cc6ccccc64)-c4ccccc4-c4ccccc4-c35)n2)cc1.c1cnc(-c2oc3c4c(cc5ccccc53)-c3ccccc3-c3ccccc3-c24)nc1. The third-order valence-corrected chi connectivity index (χ3v) is 22.9. The van der Waals surface area contributed by atoms with Crippen LogP contribution in [0.1, 0.15) is 0 Å². The molecule has 10 heteroatoms. The van der Waals surface area contributed by atoms with Crippen LogP contribution in [0.5, 0.6) is 0 Å². The molecule has 544 valence electrons. The third kappa shape index (κ3) is 11.1. The van der Waals surface area contributed by atoms with Gasteiger partial charge in [0.15, 0.2) is 40.6 Å². The highest BCUT2D eigenvalue weighted by Crippen LogP contribution is 2.58. The molecule has 6 aromatic heterocycles. The Bertz CT molecular complexity index is 7300. The molecule has 6 heterocycles. The fourth-order valence-electron chi connectivity index (χ4n) is 17.7. The van der Waals surface area contributed by atoms with Crippen molar-refractivity contribution in [3.05, 3.63) is 382 Å². The molecule has 22 aromatic rings. The van der Waals surface area contributed by atoms with Crippen LogP contribution >= 0.6 is 0 Å². The maximum atomic E-state index is 6.99. The van der Waals surface area contributed by atoms with Crippen LogP contribution in [0, 0.1) is 0 Å². The molecule has 0 unspecified atom stereocenters. The van der Waals surface area contributed by atoms with Gasteiger partial charge in [-0.25, -0.2) is 34.9 Å². The Labute approximate surface area is 671 Å². The van der Waals surface area contributed by atoms with Crippen molar-refractivity contribution in [1.82, 2.24) is 34.9 Å². The van der Waals surface area contributed by atoms with Crippen LogP contribution in [0.3, 0.4) is 0 Å². The van der Waals surface area contributed by atoms with E-state index >= 15 is 0 Å². The summed E-state index contributed by atoms with van der Waals surface area (Å²) in [5.74, 6) is 4.93. The Morgan fingerprint density at radius 1 is 0.179 bits per heavy atom. The summed E-state index contributed by atoms with van der Waals surface area (Å²) in [6.45, 7) is 0. The van der Waals surface area contributed by atoms with Crippen LogP contribution < -0.4 is 0 Å². The Balaban J connectivity index is 0.000000105. The number of fused-ring (bicyclic) bond motifs is 21. The fourth-order valence-corrected chi connectivity index (χ4v) is 17.7. The Kier molecular flexibility index (Phi) is 15.7. The van der Waals surface area contributed by atoms with Crippen LogP contribution in [0.4, 0.5) is 0 Å². The first-order valence-corrected chi connectivity index (χ1v) is 39.2. The van der Waals surface area contributed by atoms with Gasteiger partial charge in [-0.15, -0.1) is 0 Å². The van der Waals surface area contributed by atoms with Gasteiger partial charge in [0.2, 0.25) is 5.82 Å². The maximum absolute atomic E-state index is 6.99. The highest BCUT2D eigenvalue weighted by Gasteiger charge is 2.35. The first-order chi connectivity index (χ1) is 58.1. The first-order valence-electron chi connectivity index (χ1n) is 39.2. The summed E-state index contributed by atoms with van der Waals surface area (Å²) in [7, 11) is 0. The van der Waals surface area contributed by atoms with Crippen molar-refractivity contribution in [1.29, 1.82) is 0 Å². The Morgan fingerprint density at radius 3 is 0.761 bits per heavy atom. The minimum absolute atomic E-state index is 0.509. The number of benzene rings is 16. The number of nitrogens with zero attached hydrogens (tertiary/aromatic N) is 7. The molecule has 3 aliphatic carbocycles. The quantitative estimate of drug-likeness (QED) is 0.152. The predicted octanol–water partition coefficient (Wildman–Crippen LogP) is 28.1. The molecule has 0 atom stereocenters. The van der Waals surface area contributed by atoms with Crippen LogP contribution in [0.25, 0.3) is 245 Å². The van der Waals surface area contributed by atoms with E-state index in [2.05, 4.69) is 277 Å². The minimum atomic E-state index is 0.509. The molecule has 3 aliphatic rings. The standard InChI is InChI=1S/C40H24N2O.C39H23N3O.C28H16N2O/c1-3-13-25(14-4-1)34-24-35(26-15-5-2-6-16-26)42-40(41-34)39-36-32-22-12-11-20-30(32)29-19-9-10-21-31(29)33-23-27-17-7-8-18-28(27)38(43-39)37(33)36;1-3-13-24(14-4-1)37-40-38(25-15-5-2-6-16-25)42-39(41-37)36-33-31-22-12-11-20-29(31)28-19-9-10-21-30(28)32-23-26-17-7-8-18-27(26)35(43-36)34(32)33;1-2-9-18-17(8-1)16-23-21-12-4-3-10-19(21)20-11-5-6-13-22(20)24-25(23)26(18)31-27(24)28-29-14-7-15-30-28/h1-24H;1-23H;1-16H. The largest absolute Gasteiger partial charge is 0.451 e. The van der Waals surface area contributed by atoms with Gasteiger partial charge in [0.25, 0.3) is 0 Å². The smallest absolute Gasteiger partial charge is 0.200 e. The number of hydrogen-bond acceptors (Lipinski definition) is 10. The van der Waals surface area contributed by atoms with E-state index in [0.717, 1.165) is 149 Å². The lowest BCUT2D eigenvalue weighted by Gasteiger charge is -2.12. The molecule has 0 spiro atoms. The van der Waals surface area contributed by atoms with Gasteiger partial charge in [0.1, 0.15) is 16.7 Å². The van der Waals surface area contributed by atoms with E-state index in [1.807, 2.05) is 103 Å². The van der Waals surface area contributed by atoms with E-state index in [4.69, 9.17) is 38.2 Å². The normalized spacial score (nSPS) is 11.8. The van der Waals surface area contributed by atoms with E-state index in [1.54, 1.807) is 12.4 Å². The maximum Gasteiger partial charge on any atom is 0.200 e. The van der Waals surface area contributed by atoms with Crippen molar-refractivity contribution in [2.75, 3.05) is 0 Å². The minimum Gasteiger partial charge on any atom is -0.451 e. The molecule has 0 amide bonds. The van der Waals surface area contributed by atoms with E-state index < -0.39 is 0 Å². The molecule has 0 N–H and O–H groups in total. The van der Waals surface area contributed by atoms with Crippen LogP contribution in [-0.4, -0.2) is 34.9 Å². The summed E-state index contributed by atoms with van der Waals surface area (Å²) in [6.07, 6.45) is 3.53. The van der Waals surface area contributed by atoms with Gasteiger partial charge >= 0.3 is 0 Å². The zero-order chi connectivity index (χ0) is 77.0. The van der Waals surface area contributed by atoms with Crippen molar-refractivity contribution in [2.45, 2.75) is 0 Å². The van der Waals surface area contributed by atoms with Gasteiger partial charge in [-0.05, 0) is 130 Å². The number of furan rings is 3. The molecular weight excluding hydrogens is 1430 g/mol. The van der Waals surface area contributed by atoms with Crippen LogP contribution in [0.15, 0.2) is 396 Å². The molecule has 16 aromatic carbocycles. The first kappa shape index (κ1) is 66.8. The second-order valence-electron chi connectivity index (χ2n) is 29.5. The molecule has 0 fully saturated rings. The lowest BCUT2D eigenvalue weighted by molar-refractivity contribution is 0.629.